The Balaban J connectivity index is 1.72. The van der Waals surface area contributed by atoms with E-state index in [1.165, 1.54) is 16.7 Å². The molecule has 1 aliphatic heterocycles. The summed E-state index contributed by atoms with van der Waals surface area (Å²) in [7, 11) is 0. The number of carbonyl (C=O) groups excluding carboxylic acids is 1. The lowest BCUT2D eigenvalue weighted by Crippen LogP contribution is -2.36. The molecule has 0 saturated heterocycles. The monoisotopic (exact) mass is 358 g/mol. The molecule has 1 aliphatic rings. The molecule has 0 atom stereocenters. The van der Waals surface area contributed by atoms with Gasteiger partial charge in [-0.1, -0.05) is 39.7 Å². The van der Waals surface area contributed by atoms with Gasteiger partial charge < -0.3 is 0 Å². The summed E-state index contributed by atoms with van der Waals surface area (Å²) in [5.74, 6) is 1.01. The lowest BCUT2D eigenvalue weighted by molar-refractivity contribution is -0.118. The van der Waals surface area contributed by atoms with Gasteiger partial charge in [0, 0.05) is 23.6 Å². The van der Waals surface area contributed by atoms with Gasteiger partial charge in [-0.15, -0.1) is 0 Å². The molecule has 1 aromatic carbocycles. The molecule has 3 nitrogen and oxygen atoms in total. The van der Waals surface area contributed by atoms with Gasteiger partial charge in [-0.25, -0.2) is 4.98 Å². The molecule has 0 aliphatic carbocycles. The van der Waals surface area contributed by atoms with Crippen LogP contribution in [-0.2, 0) is 17.6 Å². The molecule has 2 heterocycles. The van der Waals surface area contributed by atoms with Crippen LogP contribution in [-0.4, -0.2) is 17.4 Å². The Labute approximate surface area is 139 Å². The van der Waals surface area contributed by atoms with Gasteiger partial charge in [0.05, 0.1) is 0 Å². The fourth-order valence-corrected chi connectivity index (χ4v) is 3.36. The van der Waals surface area contributed by atoms with Crippen molar-refractivity contribution in [1.82, 2.24) is 4.98 Å². The van der Waals surface area contributed by atoms with Crippen molar-refractivity contribution in [3.63, 3.8) is 0 Å². The highest BCUT2D eigenvalue weighted by molar-refractivity contribution is 9.10. The Bertz CT molecular complexity index is 699. The van der Waals surface area contributed by atoms with Gasteiger partial charge in [-0.3, -0.25) is 9.69 Å². The first-order valence-corrected chi connectivity index (χ1v) is 8.44. The van der Waals surface area contributed by atoms with Gasteiger partial charge in [0.2, 0.25) is 5.91 Å². The molecule has 0 fully saturated rings. The molecule has 0 bridgehead atoms. The summed E-state index contributed by atoms with van der Waals surface area (Å²) in [6, 6.07) is 10.3. The first-order valence-electron chi connectivity index (χ1n) is 7.64. The molecule has 0 N–H and O–H groups in total. The van der Waals surface area contributed by atoms with Crippen molar-refractivity contribution in [3.05, 3.63) is 57.7 Å². The Morgan fingerprint density at radius 3 is 3.09 bits per heavy atom. The topological polar surface area (TPSA) is 33.2 Å². The molecule has 0 unspecified atom stereocenters. The first-order chi connectivity index (χ1) is 10.6. The highest BCUT2D eigenvalue weighted by atomic mass is 79.9. The zero-order chi connectivity index (χ0) is 15.5. The zero-order valence-corrected chi connectivity index (χ0v) is 14.3. The average molecular weight is 359 g/mol. The summed E-state index contributed by atoms with van der Waals surface area (Å²) in [4.78, 5) is 18.9. The van der Waals surface area contributed by atoms with Crippen LogP contribution in [0.4, 0.5) is 5.82 Å². The minimum atomic E-state index is 0.160. The Hall–Kier alpha value is -1.68. The second-order valence-electron chi connectivity index (χ2n) is 5.73. The van der Waals surface area contributed by atoms with Crippen molar-refractivity contribution in [1.29, 1.82) is 0 Å². The maximum absolute atomic E-state index is 12.6. The molecule has 1 amide bonds. The summed E-state index contributed by atoms with van der Waals surface area (Å²) >= 11 is 3.57. The largest absolute Gasteiger partial charge is 0.297 e. The normalized spacial score (nSPS) is 13.8. The number of carbonyl (C=O) groups is 1. The number of aryl methyl sites for hydroxylation is 3. The van der Waals surface area contributed by atoms with Crippen molar-refractivity contribution in [2.24, 2.45) is 0 Å². The van der Waals surface area contributed by atoms with Gasteiger partial charge in [-0.05, 0) is 49.4 Å². The van der Waals surface area contributed by atoms with Crippen molar-refractivity contribution in [3.8, 4) is 0 Å². The number of hydrogen-bond donors (Lipinski definition) is 0. The number of anilines is 1. The van der Waals surface area contributed by atoms with Crippen LogP contribution in [0.1, 0.15) is 29.5 Å². The molecule has 114 valence electrons. The van der Waals surface area contributed by atoms with Crippen molar-refractivity contribution in [2.75, 3.05) is 11.4 Å². The zero-order valence-electron chi connectivity index (χ0n) is 12.7. The summed E-state index contributed by atoms with van der Waals surface area (Å²) in [5.41, 5.74) is 3.58. The molecule has 2 aromatic rings. The highest BCUT2D eigenvalue weighted by Crippen LogP contribution is 2.26. The number of amides is 1. The summed E-state index contributed by atoms with van der Waals surface area (Å²) in [6.45, 7) is 2.85. The number of rotatable bonds is 3. The third-order valence-corrected chi connectivity index (χ3v) is 4.84. The lowest BCUT2D eigenvalue weighted by Gasteiger charge is -2.28. The second-order valence-corrected chi connectivity index (χ2v) is 6.58. The number of halogens is 1. The molecular formula is C18H19BrN2O. The third-order valence-electron chi connectivity index (χ3n) is 4.06. The van der Waals surface area contributed by atoms with Crippen LogP contribution >= 0.6 is 15.9 Å². The predicted molar refractivity (Wildman–Crippen MR) is 92.1 cm³/mol. The van der Waals surface area contributed by atoms with Gasteiger partial charge in [0.15, 0.2) is 0 Å². The van der Waals surface area contributed by atoms with Gasteiger partial charge >= 0.3 is 0 Å². The number of benzene rings is 1. The highest BCUT2D eigenvalue weighted by Gasteiger charge is 2.23. The standard InChI is InChI=1S/C18H19BrN2O/c1-13-6-8-16(19)15(12-13)7-9-17(22)21-11-3-5-14-4-2-10-20-18(14)21/h2,4,6,8,10,12H,3,5,7,9,11H2,1H3. The van der Waals surface area contributed by atoms with Crippen molar-refractivity contribution >= 4 is 27.7 Å². The number of nitrogens with zero attached hydrogens (tertiary/aromatic N) is 2. The van der Waals surface area contributed by atoms with Crippen LogP contribution in [0.5, 0.6) is 0 Å². The first kappa shape index (κ1) is 15.2. The van der Waals surface area contributed by atoms with Crippen LogP contribution < -0.4 is 4.90 Å². The van der Waals surface area contributed by atoms with Crippen LogP contribution in [0.25, 0.3) is 0 Å². The van der Waals surface area contributed by atoms with E-state index in [9.17, 15) is 4.79 Å². The molecule has 1 aromatic heterocycles. The predicted octanol–water partition coefficient (Wildman–Crippen LogP) is 4.06. The van der Waals surface area contributed by atoms with Gasteiger partial charge in [-0.2, -0.15) is 0 Å². The fraction of sp³-hybridized carbons (Fsp3) is 0.333. The number of aromatic nitrogens is 1. The smallest absolute Gasteiger partial charge is 0.228 e. The van der Waals surface area contributed by atoms with E-state index in [1.807, 2.05) is 17.0 Å². The van der Waals surface area contributed by atoms with Crippen molar-refractivity contribution in [2.45, 2.75) is 32.6 Å². The van der Waals surface area contributed by atoms with E-state index in [4.69, 9.17) is 0 Å². The Morgan fingerprint density at radius 2 is 2.23 bits per heavy atom. The van der Waals surface area contributed by atoms with Crippen LogP contribution in [0.2, 0.25) is 0 Å². The van der Waals surface area contributed by atoms with E-state index >= 15 is 0 Å². The number of fused-ring (bicyclic) bond motifs is 1. The van der Waals surface area contributed by atoms with Crippen LogP contribution in [0.3, 0.4) is 0 Å². The van der Waals surface area contributed by atoms with Crippen LogP contribution in [0.15, 0.2) is 41.0 Å². The molecular weight excluding hydrogens is 340 g/mol. The third kappa shape index (κ3) is 3.22. The minimum Gasteiger partial charge on any atom is -0.297 e. The van der Waals surface area contributed by atoms with E-state index in [-0.39, 0.29) is 5.91 Å². The average Bonchev–Trinajstić information content (AvgIpc) is 2.55. The number of pyridine rings is 1. The summed E-state index contributed by atoms with van der Waals surface area (Å²) in [6.07, 6.45) is 5.05. The van der Waals surface area contributed by atoms with Gasteiger partial charge in [0.25, 0.3) is 0 Å². The molecule has 3 rings (SSSR count). The van der Waals surface area contributed by atoms with E-state index in [2.05, 4.69) is 46.0 Å². The van der Waals surface area contributed by atoms with E-state index in [0.717, 1.165) is 36.1 Å². The summed E-state index contributed by atoms with van der Waals surface area (Å²) < 4.78 is 1.07. The van der Waals surface area contributed by atoms with E-state index < -0.39 is 0 Å². The Kier molecular flexibility index (Phi) is 4.57. The maximum Gasteiger partial charge on any atom is 0.228 e. The molecule has 0 radical (unpaired) electrons. The molecule has 0 spiro atoms. The molecule has 22 heavy (non-hydrogen) atoms. The minimum absolute atomic E-state index is 0.160. The van der Waals surface area contributed by atoms with Crippen molar-refractivity contribution < 1.29 is 4.79 Å². The quantitative estimate of drug-likeness (QED) is 0.828. The molecule has 4 heteroatoms. The summed E-state index contributed by atoms with van der Waals surface area (Å²) in [5, 5.41) is 0. The second kappa shape index (κ2) is 6.61. The van der Waals surface area contributed by atoms with Gasteiger partial charge in [0.1, 0.15) is 5.82 Å². The fourth-order valence-electron chi connectivity index (χ4n) is 2.92. The number of hydrogen-bond acceptors (Lipinski definition) is 2. The lowest BCUT2D eigenvalue weighted by atomic mass is 10.0. The Morgan fingerprint density at radius 1 is 1.36 bits per heavy atom. The molecule has 0 saturated carbocycles. The maximum atomic E-state index is 12.6. The van der Waals surface area contributed by atoms with E-state index in [0.29, 0.717) is 6.42 Å². The van der Waals surface area contributed by atoms with Crippen LogP contribution in [0, 0.1) is 6.92 Å². The SMILES string of the molecule is Cc1ccc(Br)c(CCC(=O)N2CCCc3cccnc32)c1. The van der Waals surface area contributed by atoms with E-state index in [1.54, 1.807) is 6.20 Å².